The first-order chi connectivity index (χ1) is 13.4. The minimum absolute atomic E-state index is 0.0255. The van der Waals surface area contributed by atoms with E-state index in [1.54, 1.807) is 0 Å². The molecule has 0 unspecified atom stereocenters. The minimum atomic E-state index is -1.12. The number of ether oxygens (including phenoxy) is 4. The molecule has 0 aromatic heterocycles. The average Bonchev–Trinajstić information content (AvgIpc) is 2.71. The molecule has 0 spiro atoms. The molecular formula is C19H16O9. The van der Waals surface area contributed by atoms with Crippen LogP contribution in [0.25, 0.3) is 0 Å². The fraction of sp³-hybridized carbons (Fsp3) is 0.158. The van der Waals surface area contributed by atoms with Crippen LogP contribution in [-0.2, 0) is 18.9 Å². The molecule has 0 atom stereocenters. The molecule has 0 fully saturated rings. The third kappa shape index (κ3) is 5.64. The van der Waals surface area contributed by atoms with Gasteiger partial charge >= 0.3 is 23.9 Å². The van der Waals surface area contributed by atoms with Gasteiger partial charge in [-0.2, -0.15) is 0 Å². The fourth-order valence-corrected chi connectivity index (χ4v) is 1.99. The van der Waals surface area contributed by atoms with E-state index < -0.39 is 30.7 Å². The van der Waals surface area contributed by atoms with Crippen molar-refractivity contribution in [3.63, 3.8) is 0 Å². The summed E-state index contributed by atoms with van der Waals surface area (Å²) < 4.78 is 19.0. The summed E-state index contributed by atoms with van der Waals surface area (Å²) in [6, 6.07) is 10.6. The zero-order valence-corrected chi connectivity index (χ0v) is 14.7. The quantitative estimate of drug-likeness (QED) is 0.534. The number of methoxy groups -OCH3 is 1. The van der Waals surface area contributed by atoms with E-state index in [0.717, 1.165) is 0 Å². The molecular weight excluding hydrogens is 372 g/mol. The van der Waals surface area contributed by atoms with Crippen LogP contribution < -0.4 is 0 Å². The van der Waals surface area contributed by atoms with Gasteiger partial charge in [-0.05, 0) is 48.5 Å². The lowest BCUT2D eigenvalue weighted by Crippen LogP contribution is -2.13. The second kappa shape index (κ2) is 9.83. The molecule has 146 valence electrons. The number of esters is 3. The number of hydrogen-bond acceptors (Lipinski definition) is 8. The second-order valence-corrected chi connectivity index (χ2v) is 5.28. The number of benzene rings is 2. The summed E-state index contributed by atoms with van der Waals surface area (Å²) >= 11 is 0. The van der Waals surface area contributed by atoms with Gasteiger partial charge in [-0.3, -0.25) is 0 Å². The molecule has 0 saturated heterocycles. The highest BCUT2D eigenvalue weighted by atomic mass is 16.7. The molecule has 0 heterocycles. The predicted molar refractivity (Wildman–Crippen MR) is 92.8 cm³/mol. The summed E-state index contributed by atoms with van der Waals surface area (Å²) in [6.07, 6.45) is 0. The number of carboxylic acids is 1. The first-order valence-electron chi connectivity index (χ1n) is 7.86. The van der Waals surface area contributed by atoms with Gasteiger partial charge in [0.25, 0.3) is 0 Å². The van der Waals surface area contributed by atoms with Gasteiger partial charge in [-0.1, -0.05) is 0 Å². The predicted octanol–water partition coefficient (Wildman–Crippen LogP) is 2.12. The average molecular weight is 388 g/mol. The zero-order valence-electron chi connectivity index (χ0n) is 14.7. The molecule has 1 N–H and O–H groups in total. The summed E-state index contributed by atoms with van der Waals surface area (Å²) in [6.45, 7) is -0.816. The van der Waals surface area contributed by atoms with E-state index in [-0.39, 0.29) is 29.0 Å². The van der Waals surface area contributed by atoms with Crippen molar-refractivity contribution in [2.45, 2.75) is 0 Å². The van der Waals surface area contributed by atoms with Crippen molar-refractivity contribution in [3.05, 3.63) is 70.8 Å². The molecule has 0 aliphatic heterocycles. The Morgan fingerprint density at radius 1 is 0.643 bits per heavy atom. The van der Waals surface area contributed by atoms with Crippen LogP contribution in [0.4, 0.5) is 0 Å². The number of carbonyl (C=O) groups excluding carboxylic acids is 3. The molecule has 2 rings (SSSR count). The molecule has 0 amide bonds. The van der Waals surface area contributed by atoms with Gasteiger partial charge in [0, 0.05) is 7.11 Å². The maximum absolute atomic E-state index is 11.9. The molecule has 2 aromatic rings. The lowest BCUT2D eigenvalue weighted by atomic mass is 10.1. The van der Waals surface area contributed by atoms with E-state index >= 15 is 0 Å². The molecule has 0 aliphatic rings. The summed E-state index contributed by atoms with van der Waals surface area (Å²) in [7, 11) is 1.38. The number of carbonyl (C=O) groups is 4. The van der Waals surface area contributed by atoms with Crippen LogP contribution in [0.1, 0.15) is 41.4 Å². The lowest BCUT2D eigenvalue weighted by molar-refractivity contribution is -0.0171. The van der Waals surface area contributed by atoms with Gasteiger partial charge in [0.1, 0.15) is 0 Å². The van der Waals surface area contributed by atoms with Gasteiger partial charge < -0.3 is 24.1 Å². The van der Waals surface area contributed by atoms with Crippen LogP contribution in [0.3, 0.4) is 0 Å². The fourth-order valence-electron chi connectivity index (χ4n) is 1.99. The van der Waals surface area contributed by atoms with E-state index in [0.29, 0.717) is 0 Å². The molecule has 0 aliphatic carbocycles. The Kier molecular flexibility index (Phi) is 7.23. The van der Waals surface area contributed by atoms with Crippen molar-refractivity contribution in [3.8, 4) is 0 Å². The van der Waals surface area contributed by atoms with Gasteiger partial charge in [0.15, 0.2) is 6.79 Å². The van der Waals surface area contributed by atoms with Crippen LogP contribution in [0.5, 0.6) is 0 Å². The summed E-state index contributed by atoms with van der Waals surface area (Å²) in [5, 5.41) is 8.81. The number of hydrogen-bond donors (Lipinski definition) is 1. The molecule has 2 aromatic carbocycles. The summed E-state index contributed by atoms with van der Waals surface area (Å²) in [4.78, 5) is 46.1. The normalized spacial score (nSPS) is 10.0. The molecule has 28 heavy (non-hydrogen) atoms. The third-order valence-electron chi connectivity index (χ3n) is 3.41. The first kappa shape index (κ1) is 20.6. The monoisotopic (exact) mass is 388 g/mol. The topological polar surface area (TPSA) is 125 Å². The number of rotatable bonds is 8. The number of aromatic carboxylic acids is 1. The molecule has 9 heteroatoms. The van der Waals surface area contributed by atoms with Crippen molar-refractivity contribution >= 4 is 23.9 Å². The lowest BCUT2D eigenvalue weighted by Gasteiger charge is -2.07. The van der Waals surface area contributed by atoms with E-state index in [4.69, 9.17) is 19.3 Å². The summed E-state index contributed by atoms with van der Waals surface area (Å²) in [5.41, 5.74) is 0.507. The van der Waals surface area contributed by atoms with Crippen LogP contribution in [0.15, 0.2) is 48.5 Å². The Morgan fingerprint density at radius 2 is 0.964 bits per heavy atom. The minimum Gasteiger partial charge on any atom is -0.478 e. The Balaban J connectivity index is 1.84. The van der Waals surface area contributed by atoms with E-state index in [1.807, 2.05) is 0 Å². The van der Waals surface area contributed by atoms with Crippen LogP contribution >= 0.6 is 0 Å². The maximum atomic E-state index is 11.9. The van der Waals surface area contributed by atoms with Crippen molar-refractivity contribution in [2.75, 3.05) is 20.7 Å². The van der Waals surface area contributed by atoms with E-state index in [2.05, 4.69) is 4.74 Å². The molecule has 0 saturated carbocycles. The highest BCUT2D eigenvalue weighted by Gasteiger charge is 2.13. The molecule has 0 radical (unpaired) electrons. The maximum Gasteiger partial charge on any atom is 0.340 e. The Labute approximate surface area is 159 Å². The SMILES string of the molecule is COCOC(=O)c1ccc(C(=O)OCOC(=O)c2ccc(C(=O)O)cc2)cc1. The smallest absolute Gasteiger partial charge is 0.340 e. The Bertz CT molecular complexity index is 854. The van der Waals surface area contributed by atoms with Crippen molar-refractivity contribution in [2.24, 2.45) is 0 Å². The highest BCUT2D eigenvalue weighted by Crippen LogP contribution is 2.09. The van der Waals surface area contributed by atoms with Crippen LogP contribution in [-0.4, -0.2) is 49.7 Å². The van der Waals surface area contributed by atoms with Gasteiger partial charge in [-0.15, -0.1) is 0 Å². The van der Waals surface area contributed by atoms with E-state index in [9.17, 15) is 19.2 Å². The third-order valence-corrected chi connectivity index (χ3v) is 3.41. The van der Waals surface area contributed by atoms with Crippen molar-refractivity contribution < 1.29 is 43.2 Å². The highest BCUT2D eigenvalue weighted by molar-refractivity contribution is 5.94. The molecule has 0 bridgehead atoms. The Morgan fingerprint density at radius 3 is 1.29 bits per heavy atom. The second-order valence-electron chi connectivity index (χ2n) is 5.28. The summed E-state index contributed by atoms with van der Waals surface area (Å²) in [5.74, 6) is -3.26. The van der Waals surface area contributed by atoms with Crippen LogP contribution in [0, 0.1) is 0 Å². The van der Waals surface area contributed by atoms with E-state index in [1.165, 1.54) is 55.6 Å². The standard InChI is InChI=1S/C19H16O9/c1-25-10-26-17(22)14-6-8-15(9-7-14)19(24)28-11-27-18(23)13-4-2-12(3-5-13)16(20)21/h2-9H,10-11H2,1H3,(H,20,21). The first-order valence-corrected chi connectivity index (χ1v) is 7.86. The molecule has 9 nitrogen and oxygen atoms in total. The van der Waals surface area contributed by atoms with Gasteiger partial charge in [0.05, 0.1) is 22.3 Å². The van der Waals surface area contributed by atoms with Gasteiger partial charge in [0.2, 0.25) is 6.79 Å². The number of carboxylic acid groups (broad SMARTS) is 1. The van der Waals surface area contributed by atoms with Crippen molar-refractivity contribution in [1.29, 1.82) is 0 Å². The van der Waals surface area contributed by atoms with Crippen LogP contribution in [0.2, 0.25) is 0 Å². The Hall–Kier alpha value is -3.72. The zero-order chi connectivity index (χ0) is 20.5. The largest absolute Gasteiger partial charge is 0.478 e. The van der Waals surface area contributed by atoms with Crippen molar-refractivity contribution in [1.82, 2.24) is 0 Å². The van der Waals surface area contributed by atoms with Gasteiger partial charge in [-0.25, -0.2) is 19.2 Å².